The molecule has 6 heteroatoms. The summed E-state index contributed by atoms with van der Waals surface area (Å²) in [5.74, 6) is 0.318. The van der Waals surface area contributed by atoms with Gasteiger partial charge in [0.05, 0.1) is 11.3 Å². The number of nitrogens with one attached hydrogen (secondary N) is 1. The lowest BCUT2D eigenvalue weighted by Gasteiger charge is -2.32. The normalized spacial score (nSPS) is 20.3. The molecule has 1 spiro atoms. The van der Waals surface area contributed by atoms with Gasteiger partial charge < -0.3 is 10.2 Å². The number of hydrogen-bond donors (Lipinski definition) is 1. The minimum atomic E-state index is -1.38. The summed E-state index contributed by atoms with van der Waals surface area (Å²) in [5, 5.41) is 7.27. The molecule has 1 atom stereocenters. The van der Waals surface area contributed by atoms with Crippen molar-refractivity contribution in [1.82, 2.24) is 0 Å². The summed E-state index contributed by atoms with van der Waals surface area (Å²) < 4.78 is 0.863. The summed E-state index contributed by atoms with van der Waals surface area (Å²) in [7, 11) is 0. The lowest BCUT2D eigenvalue weighted by atomic mass is 10.00. The third-order valence-corrected chi connectivity index (χ3v) is 5.23. The van der Waals surface area contributed by atoms with Crippen molar-refractivity contribution in [1.29, 1.82) is 0 Å². The van der Waals surface area contributed by atoms with Gasteiger partial charge in [0.25, 0.3) is 5.91 Å². The standard InChI is InChI=1S/C21H14BrN3O2/c22-15-11-12-18-17(13-15)21(20(26)23-18)25(16-9-5-2-6-10-16)19(24-27-21)14-7-3-1-4-8-14/h1-13H,(H,23,26)/t21-/m0/s1. The summed E-state index contributed by atoms with van der Waals surface area (Å²) in [6.07, 6.45) is 0. The van der Waals surface area contributed by atoms with Gasteiger partial charge in [0.2, 0.25) is 0 Å². The summed E-state index contributed by atoms with van der Waals surface area (Å²) in [6.45, 7) is 0. The Labute approximate surface area is 164 Å². The number of para-hydroxylation sites is 1. The minimum absolute atomic E-state index is 0.269. The Morgan fingerprint density at radius 2 is 1.67 bits per heavy atom. The Hall–Kier alpha value is -3.12. The van der Waals surface area contributed by atoms with Crippen molar-refractivity contribution in [2.24, 2.45) is 5.16 Å². The molecular weight excluding hydrogens is 406 g/mol. The fourth-order valence-electron chi connectivity index (χ4n) is 3.54. The maximum Gasteiger partial charge on any atom is 0.322 e. The van der Waals surface area contributed by atoms with Crippen molar-refractivity contribution in [3.05, 3.63) is 94.5 Å². The minimum Gasteiger partial charge on any atom is -0.349 e. The second kappa shape index (κ2) is 5.96. The van der Waals surface area contributed by atoms with Crippen molar-refractivity contribution in [2.45, 2.75) is 5.72 Å². The van der Waals surface area contributed by atoms with Gasteiger partial charge in [-0.3, -0.25) is 9.69 Å². The van der Waals surface area contributed by atoms with Crippen molar-refractivity contribution >= 4 is 39.0 Å². The van der Waals surface area contributed by atoms with E-state index >= 15 is 0 Å². The molecule has 0 saturated carbocycles. The molecule has 3 aromatic rings. The maximum atomic E-state index is 13.2. The van der Waals surface area contributed by atoms with Gasteiger partial charge in [0, 0.05) is 15.7 Å². The zero-order chi connectivity index (χ0) is 18.4. The Kier molecular flexibility index (Phi) is 3.55. The molecule has 0 unspecified atom stereocenters. The molecule has 0 aliphatic carbocycles. The summed E-state index contributed by atoms with van der Waals surface area (Å²) in [6, 6.07) is 25.0. The van der Waals surface area contributed by atoms with E-state index in [1.54, 1.807) is 0 Å². The second-order valence-corrected chi connectivity index (χ2v) is 7.25. The van der Waals surface area contributed by atoms with E-state index in [4.69, 9.17) is 4.84 Å². The third kappa shape index (κ3) is 2.30. The van der Waals surface area contributed by atoms with E-state index in [0.29, 0.717) is 11.5 Å². The highest BCUT2D eigenvalue weighted by atomic mass is 79.9. The van der Waals surface area contributed by atoms with Crippen LogP contribution >= 0.6 is 15.9 Å². The highest BCUT2D eigenvalue weighted by Crippen LogP contribution is 2.48. The van der Waals surface area contributed by atoms with E-state index in [-0.39, 0.29) is 5.91 Å². The van der Waals surface area contributed by atoms with E-state index in [0.717, 1.165) is 21.3 Å². The number of amidine groups is 1. The van der Waals surface area contributed by atoms with Gasteiger partial charge in [-0.1, -0.05) is 69.6 Å². The number of hydrogen-bond acceptors (Lipinski definition) is 4. The van der Waals surface area contributed by atoms with Crippen LogP contribution in [0.4, 0.5) is 11.4 Å². The number of fused-ring (bicyclic) bond motifs is 2. The number of nitrogens with zero attached hydrogens (tertiary/aromatic N) is 2. The first-order valence-corrected chi connectivity index (χ1v) is 9.28. The van der Waals surface area contributed by atoms with E-state index < -0.39 is 5.72 Å². The quantitative estimate of drug-likeness (QED) is 0.667. The third-order valence-electron chi connectivity index (χ3n) is 4.74. The van der Waals surface area contributed by atoms with Crippen molar-refractivity contribution in [3.8, 4) is 0 Å². The van der Waals surface area contributed by atoms with Gasteiger partial charge in [-0.05, 0) is 30.3 Å². The molecule has 27 heavy (non-hydrogen) atoms. The lowest BCUT2D eigenvalue weighted by molar-refractivity contribution is -0.137. The summed E-state index contributed by atoms with van der Waals surface area (Å²) in [4.78, 5) is 20.9. The Morgan fingerprint density at radius 1 is 0.963 bits per heavy atom. The number of rotatable bonds is 2. The van der Waals surface area contributed by atoms with Gasteiger partial charge in [-0.2, -0.15) is 0 Å². The first-order valence-electron chi connectivity index (χ1n) is 8.48. The monoisotopic (exact) mass is 419 g/mol. The molecule has 2 heterocycles. The highest BCUT2D eigenvalue weighted by Gasteiger charge is 2.60. The first kappa shape index (κ1) is 16.1. The zero-order valence-electron chi connectivity index (χ0n) is 14.1. The van der Waals surface area contributed by atoms with Crippen molar-refractivity contribution < 1.29 is 9.63 Å². The number of carbonyl (C=O) groups is 1. The van der Waals surface area contributed by atoms with Crippen molar-refractivity contribution in [3.63, 3.8) is 0 Å². The summed E-state index contributed by atoms with van der Waals surface area (Å²) in [5.41, 5.74) is 1.75. The van der Waals surface area contributed by atoms with Crippen LogP contribution < -0.4 is 10.2 Å². The molecule has 1 N–H and O–H groups in total. The van der Waals surface area contributed by atoms with Gasteiger partial charge >= 0.3 is 5.72 Å². The van der Waals surface area contributed by atoms with Gasteiger partial charge in [0.15, 0.2) is 5.84 Å². The fraction of sp³-hybridized carbons (Fsp3) is 0.0476. The van der Waals surface area contributed by atoms with Crippen LogP contribution in [0.2, 0.25) is 0 Å². The van der Waals surface area contributed by atoms with Gasteiger partial charge in [-0.25, -0.2) is 0 Å². The van der Waals surface area contributed by atoms with E-state index in [9.17, 15) is 4.79 Å². The van der Waals surface area contributed by atoms with Gasteiger partial charge in [0.1, 0.15) is 0 Å². The Morgan fingerprint density at radius 3 is 2.41 bits per heavy atom. The molecule has 5 nitrogen and oxygen atoms in total. The van der Waals surface area contributed by atoms with Crippen LogP contribution in [-0.4, -0.2) is 11.7 Å². The van der Waals surface area contributed by atoms with E-state index in [2.05, 4.69) is 26.4 Å². The lowest BCUT2D eigenvalue weighted by Crippen LogP contribution is -2.51. The van der Waals surface area contributed by atoms with E-state index in [1.807, 2.05) is 83.8 Å². The average Bonchev–Trinajstić information content (AvgIpc) is 3.23. The van der Waals surface area contributed by atoms with Crippen LogP contribution in [0.15, 0.2) is 88.5 Å². The Balaban J connectivity index is 1.75. The fourth-order valence-corrected chi connectivity index (χ4v) is 3.90. The van der Waals surface area contributed by atoms with Crippen LogP contribution in [0.1, 0.15) is 11.1 Å². The molecule has 0 aromatic heterocycles. The molecule has 0 radical (unpaired) electrons. The molecule has 0 fully saturated rings. The maximum absolute atomic E-state index is 13.2. The molecule has 5 rings (SSSR count). The smallest absolute Gasteiger partial charge is 0.322 e. The number of oxime groups is 1. The topological polar surface area (TPSA) is 53.9 Å². The number of anilines is 2. The predicted molar refractivity (Wildman–Crippen MR) is 107 cm³/mol. The van der Waals surface area contributed by atoms with Crippen LogP contribution in [-0.2, 0) is 15.4 Å². The Bertz CT molecular complexity index is 1070. The first-order chi connectivity index (χ1) is 13.2. The van der Waals surface area contributed by atoms with Gasteiger partial charge in [-0.15, -0.1) is 0 Å². The zero-order valence-corrected chi connectivity index (χ0v) is 15.7. The highest BCUT2D eigenvalue weighted by molar-refractivity contribution is 9.10. The van der Waals surface area contributed by atoms with Crippen LogP contribution in [0.3, 0.4) is 0 Å². The second-order valence-electron chi connectivity index (χ2n) is 6.33. The SMILES string of the molecule is O=C1Nc2ccc(Br)cc2[C@]12ON=C(c1ccccc1)N2c1ccccc1. The average molecular weight is 420 g/mol. The number of carbonyl (C=O) groups excluding carboxylic acids is 1. The molecule has 0 bridgehead atoms. The van der Waals surface area contributed by atoms with E-state index in [1.165, 1.54) is 0 Å². The van der Waals surface area contributed by atoms with Crippen LogP contribution in [0.5, 0.6) is 0 Å². The van der Waals surface area contributed by atoms with Crippen molar-refractivity contribution in [2.75, 3.05) is 10.2 Å². The number of benzene rings is 3. The predicted octanol–water partition coefficient (Wildman–Crippen LogP) is 4.45. The van der Waals surface area contributed by atoms with Crippen LogP contribution in [0, 0.1) is 0 Å². The molecule has 132 valence electrons. The number of halogens is 1. The molecule has 2 aliphatic heterocycles. The summed E-state index contributed by atoms with van der Waals surface area (Å²) >= 11 is 3.50. The molecule has 1 amide bonds. The number of amides is 1. The molecule has 3 aromatic carbocycles. The molecule has 0 saturated heterocycles. The molecule has 2 aliphatic rings. The molecular formula is C21H14BrN3O2. The van der Waals surface area contributed by atoms with Crippen LogP contribution in [0.25, 0.3) is 0 Å². The largest absolute Gasteiger partial charge is 0.349 e.